The summed E-state index contributed by atoms with van der Waals surface area (Å²) >= 11 is 5.95. The summed E-state index contributed by atoms with van der Waals surface area (Å²) in [7, 11) is 0. The molecule has 1 N–H and O–H groups in total. The molecule has 0 spiro atoms. The largest absolute Gasteiger partial charge is 0.364 e. The van der Waals surface area contributed by atoms with Crippen LogP contribution in [0, 0.1) is 6.92 Å². The second-order valence-corrected chi connectivity index (χ2v) is 9.29. The number of rotatable bonds is 4. The third kappa shape index (κ3) is 4.48. The van der Waals surface area contributed by atoms with Gasteiger partial charge in [-0.1, -0.05) is 24.6 Å². The summed E-state index contributed by atoms with van der Waals surface area (Å²) in [4.78, 5) is 14.8. The third-order valence-electron chi connectivity index (χ3n) is 5.64. The summed E-state index contributed by atoms with van der Waals surface area (Å²) < 4.78 is 0. The minimum absolute atomic E-state index is 0.119. The second kappa shape index (κ2) is 8.19. The summed E-state index contributed by atoms with van der Waals surface area (Å²) in [5, 5.41) is 4.71. The number of halogens is 1. The Morgan fingerprint density at radius 2 is 2.03 bits per heavy atom. The first kappa shape index (κ1) is 21.4. The average molecular weight is 412 g/mol. The van der Waals surface area contributed by atoms with Crippen LogP contribution in [0.3, 0.4) is 0 Å². The summed E-state index contributed by atoms with van der Waals surface area (Å²) in [6.07, 6.45) is 2.83. The number of nitrogens with one attached hydrogen (secondary N) is 1. The Kier molecular flexibility index (Phi) is 6.04. The van der Waals surface area contributed by atoms with Crippen LogP contribution in [-0.4, -0.2) is 23.7 Å². The van der Waals surface area contributed by atoms with E-state index in [2.05, 4.69) is 69.1 Å². The van der Waals surface area contributed by atoms with Crippen molar-refractivity contribution in [2.24, 2.45) is 5.10 Å². The van der Waals surface area contributed by atoms with Crippen LogP contribution in [-0.2, 0) is 0 Å². The van der Waals surface area contributed by atoms with E-state index in [0.717, 1.165) is 17.5 Å². The first-order chi connectivity index (χ1) is 13.6. The predicted octanol–water partition coefficient (Wildman–Crippen LogP) is 5.91. The van der Waals surface area contributed by atoms with Gasteiger partial charge >= 0.3 is 0 Å². The molecule has 3 rings (SSSR count). The SMILES string of the molecule is Cc1cc2c(cc1/C=N\NC(=O)c1cccc(Cl)c1)[C@H](C)CC(C)(C)N2C(C)C. The predicted molar refractivity (Wildman–Crippen MR) is 122 cm³/mol. The molecule has 1 heterocycles. The van der Waals surface area contributed by atoms with Crippen LogP contribution in [0.25, 0.3) is 0 Å². The number of hydrogen-bond donors (Lipinski definition) is 1. The third-order valence-corrected chi connectivity index (χ3v) is 5.87. The molecule has 4 nitrogen and oxygen atoms in total. The van der Waals surface area contributed by atoms with Crippen LogP contribution < -0.4 is 10.3 Å². The molecule has 0 aliphatic carbocycles. The van der Waals surface area contributed by atoms with E-state index in [0.29, 0.717) is 22.5 Å². The minimum Gasteiger partial charge on any atom is -0.364 e. The average Bonchev–Trinajstić information content (AvgIpc) is 2.61. The van der Waals surface area contributed by atoms with Gasteiger partial charge in [-0.25, -0.2) is 5.43 Å². The second-order valence-electron chi connectivity index (χ2n) is 8.86. The summed E-state index contributed by atoms with van der Waals surface area (Å²) in [6.45, 7) is 13.5. The normalized spacial score (nSPS) is 18.2. The van der Waals surface area contributed by atoms with E-state index < -0.39 is 0 Å². The first-order valence-electron chi connectivity index (χ1n) is 10.1. The number of hydrazone groups is 1. The zero-order valence-corrected chi connectivity index (χ0v) is 18.8. The lowest BCUT2D eigenvalue weighted by Gasteiger charge is -2.50. The van der Waals surface area contributed by atoms with E-state index in [1.165, 1.54) is 11.3 Å². The fraction of sp³-hybridized carbons (Fsp3) is 0.417. The highest BCUT2D eigenvalue weighted by atomic mass is 35.5. The Bertz CT molecular complexity index is 949. The number of amides is 1. The number of fused-ring (bicyclic) bond motifs is 1. The van der Waals surface area contributed by atoms with Gasteiger partial charge in [0.2, 0.25) is 0 Å². The van der Waals surface area contributed by atoms with Gasteiger partial charge in [0.25, 0.3) is 5.91 Å². The molecule has 0 aromatic heterocycles. The van der Waals surface area contributed by atoms with Crippen molar-refractivity contribution in [3.63, 3.8) is 0 Å². The Labute approximate surface area is 179 Å². The van der Waals surface area contributed by atoms with Gasteiger partial charge in [-0.05, 0) is 94.0 Å². The molecule has 0 fully saturated rings. The Balaban J connectivity index is 1.86. The molecule has 0 saturated carbocycles. The molecule has 154 valence electrons. The molecule has 29 heavy (non-hydrogen) atoms. The quantitative estimate of drug-likeness (QED) is 0.501. The lowest BCUT2D eigenvalue weighted by atomic mass is 9.78. The van der Waals surface area contributed by atoms with Crippen LogP contribution in [0.1, 0.15) is 74.0 Å². The monoisotopic (exact) mass is 411 g/mol. The van der Waals surface area contributed by atoms with Gasteiger partial charge in [0.05, 0.1) is 6.21 Å². The van der Waals surface area contributed by atoms with Crippen molar-refractivity contribution in [1.29, 1.82) is 0 Å². The van der Waals surface area contributed by atoms with Crippen molar-refractivity contribution in [2.45, 2.75) is 65.5 Å². The molecule has 0 unspecified atom stereocenters. The van der Waals surface area contributed by atoms with Crippen LogP contribution in [0.5, 0.6) is 0 Å². The zero-order valence-electron chi connectivity index (χ0n) is 18.1. The van der Waals surface area contributed by atoms with E-state index in [1.54, 1.807) is 30.5 Å². The highest BCUT2D eigenvalue weighted by molar-refractivity contribution is 6.30. The van der Waals surface area contributed by atoms with Crippen molar-refractivity contribution < 1.29 is 4.79 Å². The molecule has 1 amide bonds. The lowest BCUT2D eigenvalue weighted by Crippen LogP contribution is -2.51. The number of carbonyl (C=O) groups is 1. The highest BCUT2D eigenvalue weighted by Gasteiger charge is 2.37. The van der Waals surface area contributed by atoms with Crippen molar-refractivity contribution in [1.82, 2.24) is 5.43 Å². The molecule has 0 saturated heterocycles. The van der Waals surface area contributed by atoms with E-state index in [4.69, 9.17) is 11.6 Å². The Morgan fingerprint density at radius 1 is 1.31 bits per heavy atom. The maximum absolute atomic E-state index is 12.3. The lowest BCUT2D eigenvalue weighted by molar-refractivity contribution is 0.0955. The molecule has 2 aromatic rings. The molecule has 0 radical (unpaired) electrons. The number of nitrogens with zero attached hydrogens (tertiary/aromatic N) is 2. The van der Waals surface area contributed by atoms with Crippen molar-refractivity contribution >= 4 is 29.4 Å². The highest BCUT2D eigenvalue weighted by Crippen LogP contribution is 2.45. The van der Waals surface area contributed by atoms with Crippen molar-refractivity contribution in [3.05, 3.63) is 63.7 Å². The summed E-state index contributed by atoms with van der Waals surface area (Å²) in [6, 6.07) is 11.7. The molecule has 5 heteroatoms. The van der Waals surface area contributed by atoms with Gasteiger partial charge in [0, 0.05) is 27.9 Å². The summed E-state index contributed by atoms with van der Waals surface area (Å²) in [5.74, 6) is 0.185. The zero-order chi connectivity index (χ0) is 21.3. The van der Waals surface area contributed by atoms with E-state index in [1.807, 2.05) is 0 Å². The fourth-order valence-electron chi connectivity index (χ4n) is 4.59. The molecular weight excluding hydrogens is 382 g/mol. The van der Waals surface area contributed by atoms with Gasteiger partial charge in [-0.2, -0.15) is 5.10 Å². The van der Waals surface area contributed by atoms with Gasteiger partial charge in [-0.15, -0.1) is 0 Å². The fourth-order valence-corrected chi connectivity index (χ4v) is 4.78. The number of hydrogen-bond acceptors (Lipinski definition) is 3. The summed E-state index contributed by atoms with van der Waals surface area (Å²) in [5.41, 5.74) is 8.00. The van der Waals surface area contributed by atoms with Crippen molar-refractivity contribution in [3.8, 4) is 0 Å². The number of aryl methyl sites for hydroxylation is 1. The van der Waals surface area contributed by atoms with Crippen molar-refractivity contribution in [2.75, 3.05) is 4.90 Å². The van der Waals surface area contributed by atoms with Gasteiger partial charge < -0.3 is 4.90 Å². The molecule has 0 bridgehead atoms. The number of benzene rings is 2. The maximum Gasteiger partial charge on any atom is 0.271 e. The van der Waals surface area contributed by atoms with Crippen LogP contribution in [0.4, 0.5) is 5.69 Å². The number of anilines is 1. The minimum atomic E-state index is -0.277. The van der Waals surface area contributed by atoms with Crippen LogP contribution in [0.15, 0.2) is 41.5 Å². The molecular formula is C24H30ClN3O. The van der Waals surface area contributed by atoms with Gasteiger partial charge in [0.15, 0.2) is 0 Å². The standard InChI is InChI=1S/C24H30ClN3O/c1-15(2)28-22-10-16(3)19(12-21(22)17(4)13-24(28,5)6)14-26-27-23(29)18-8-7-9-20(25)11-18/h7-12,14-15,17H,13H2,1-6H3,(H,27,29)/b26-14-/t17-/m1/s1. The topological polar surface area (TPSA) is 44.7 Å². The van der Waals surface area contributed by atoms with Crippen LogP contribution in [0.2, 0.25) is 5.02 Å². The maximum atomic E-state index is 12.3. The van der Waals surface area contributed by atoms with Gasteiger partial charge in [0.1, 0.15) is 0 Å². The van der Waals surface area contributed by atoms with Gasteiger partial charge in [-0.3, -0.25) is 4.79 Å². The number of carbonyl (C=O) groups excluding carboxylic acids is 1. The van der Waals surface area contributed by atoms with E-state index in [9.17, 15) is 4.79 Å². The molecule has 2 aromatic carbocycles. The smallest absolute Gasteiger partial charge is 0.271 e. The molecule has 1 aliphatic heterocycles. The van der Waals surface area contributed by atoms with Crippen LogP contribution >= 0.6 is 11.6 Å². The Morgan fingerprint density at radius 3 is 2.69 bits per heavy atom. The first-order valence-corrected chi connectivity index (χ1v) is 10.5. The molecule has 1 aliphatic rings. The van der Waals surface area contributed by atoms with E-state index >= 15 is 0 Å². The van der Waals surface area contributed by atoms with E-state index in [-0.39, 0.29) is 11.4 Å². The molecule has 1 atom stereocenters. The Hall–Kier alpha value is -2.33.